The van der Waals surface area contributed by atoms with Crippen molar-refractivity contribution in [2.24, 2.45) is 0 Å². The Kier molecular flexibility index (Phi) is 3.51. The number of benzene rings is 1. The lowest BCUT2D eigenvalue weighted by atomic mass is 10.2. The predicted molar refractivity (Wildman–Crippen MR) is 65.2 cm³/mol. The van der Waals surface area contributed by atoms with E-state index in [1.54, 1.807) is 18.2 Å². The first kappa shape index (κ1) is 12.5. The average Bonchev–Trinajstić information content (AvgIpc) is 2.76. The maximum absolute atomic E-state index is 12.3. The van der Waals surface area contributed by atoms with Crippen LogP contribution in [0.5, 0.6) is 0 Å². The normalized spacial score (nSPS) is 21.9. The summed E-state index contributed by atoms with van der Waals surface area (Å²) in [5, 5.41) is 9.40. The zero-order chi connectivity index (χ0) is 12.5. The maximum Gasteiger partial charge on any atom is 0.243 e. The lowest BCUT2D eigenvalue weighted by Gasteiger charge is -2.16. The standard InChI is InChI=1S/C12H17NO3S/c1-2-10-4-3-5-12(8-10)17(15,16)13-7-6-11(14)9-13/h3-5,8,11,14H,2,6-7,9H2,1H3/t11-/m0/s1. The molecule has 0 saturated carbocycles. The second-order valence-electron chi connectivity index (χ2n) is 4.31. The first-order valence-corrected chi connectivity index (χ1v) is 7.25. The van der Waals surface area contributed by atoms with Gasteiger partial charge in [0.25, 0.3) is 0 Å². The van der Waals surface area contributed by atoms with E-state index in [0.717, 1.165) is 12.0 Å². The van der Waals surface area contributed by atoms with Gasteiger partial charge in [-0.1, -0.05) is 19.1 Å². The van der Waals surface area contributed by atoms with Crippen LogP contribution in [0, 0.1) is 0 Å². The molecule has 94 valence electrons. The molecule has 1 heterocycles. The molecule has 1 saturated heterocycles. The molecule has 0 aliphatic carbocycles. The zero-order valence-corrected chi connectivity index (χ0v) is 10.7. The molecular formula is C12H17NO3S. The number of aliphatic hydroxyl groups excluding tert-OH is 1. The lowest BCUT2D eigenvalue weighted by molar-refractivity contribution is 0.189. The first-order valence-electron chi connectivity index (χ1n) is 5.81. The van der Waals surface area contributed by atoms with Gasteiger partial charge in [-0.05, 0) is 30.5 Å². The summed E-state index contributed by atoms with van der Waals surface area (Å²) in [5.41, 5.74) is 1.01. The van der Waals surface area contributed by atoms with Crippen LogP contribution in [0.1, 0.15) is 18.9 Å². The van der Waals surface area contributed by atoms with E-state index in [9.17, 15) is 13.5 Å². The summed E-state index contributed by atoms with van der Waals surface area (Å²) in [4.78, 5) is 0.325. The molecule has 17 heavy (non-hydrogen) atoms. The number of rotatable bonds is 3. The molecule has 0 spiro atoms. The number of aliphatic hydroxyl groups is 1. The van der Waals surface area contributed by atoms with Gasteiger partial charge >= 0.3 is 0 Å². The van der Waals surface area contributed by atoms with E-state index in [-0.39, 0.29) is 6.54 Å². The Morgan fingerprint density at radius 2 is 2.24 bits per heavy atom. The highest BCUT2D eigenvalue weighted by atomic mass is 32.2. The molecule has 1 aromatic carbocycles. The van der Waals surface area contributed by atoms with Gasteiger partial charge in [0.1, 0.15) is 0 Å². The minimum atomic E-state index is -3.43. The van der Waals surface area contributed by atoms with Crippen molar-refractivity contribution in [3.05, 3.63) is 29.8 Å². The summed E-state index contributed by atoms with van der Waals surface area (Å²) in [6.07, 6.45) is 0.803. The number of hydrogen-bond donors (Lipinski definition) is 1. The highest BCUT2D eigenvalue weighted by Gasteiger charge is 2.31. The molecule has 1 fully saturated rings. The summed E-state index contributed by atoms with van der Waals surface area (Å²) in [6, 6.07) is 7.00. The third kappa shape index (κ3) is 2.51. The van der Waals surface area contributed by atoms with E-state index in [1.807, 2.05) is 13.0 Å². The van der Waals surface area contributed by atoms with Crippen LogP contribution in [0.25, 0.3) is 0 Å². The minimum Gasteiger partial charge on any atom is -0.392 e. The quantitative estimate of drug-likeness (QED) is 0.876. The van der Waals surface area contributed by atoms with E-state index in [2.05, 4.69) is 0 Å². The molecule has 1 N–H and O–H groups in total. The van der Waals surface area contributed by atoms with E-state index in [4.69, 9.17) is 0 Å². The lowest BCUT2D eigenvalue weighted by Crippen LogP contribution is -2.29. The van der Waals surface area contributed by atoms with Crippen LogP contribution in [0.3, 0.4) is 0 Å². The molecule has 1 atom stereocenters. The van der Waals surface area contributed by atoms with Crippen molar-refractivity contribution in [2.45, 2.75) is 30.8 Å². The van der Waals surface area contributed by atoms with Crippen molar-refractivity contribution in [2.75, 3.05) is 13.1 Å². The van der Waals surface area contributed by atoms with Gasteiger partial charge < -0.3 is 5.11 Å². The third-order valence-electron chi connectivity index (χ3n) is 3.07. The number of aryl methyl sites for hydroxylation is 1. The SMILES string of the molecule is CCc1cccc(S(=O)(=O)N2CC[C@H](O)C2)c1. The van der Waals surface area contributed by atoms with Crippen LogP contribution in [0.2, 0.25) is 0 Å². The smallest absolute Gasteiger partial charge is 0.243 e. The summed E-state index contributed by atoms with van der Waals surface area (Å²) >= 11 is 0. The molecular weight excluding hydrogens is 238 g/mol. The van der Waals surface area contributed by atoms with Crippen molar-refractivity contribution in [1.82, 2.24) is 4.31 Å². The maximum atomic E-state index is 12.3. The molecule has 0 radical (unpaired) electrons. The molecule has 2 rings (SSSR count). The van der Waals surface area contributed by atoms with Crippen LogP contribution in [-0.4, -0.2) is 37.0 Å². The fourth-order valence-corrected chi connectivity index (χ4v) is 3.57. The fourth-order valence-electron chi connectivity index (χ4n) is 2.00. The monoisotopic (exact) mass is 255 g/mol. The summed E-state index contributed by atoms with van der Waals surface area (Å²) in [7, 11) is -3.43. The first-order chi connectivity index (χ1) is 8.04. The Morgan fingerprint density at radius 3 is 2.82 bits per heavy atom. The van der Waals surface area contributed by atoms with Gasteiger partial charge in [-0.2, -0.15) is 4.31 Å². The molecule has 0 aromatic heterocycles. The van der Waals surface area contributed by atoms with E-state index >= 15 is 0 Å². The van der Waals surface area contributed by atoms with E-state index in [1.165, 1.54) is 4.31 Å². The molecule has 1 aliphatic rings. The average molecular weight is 255 g/mol. The topological polar surface area (TPSA) is 57.6 Å². The Hall–Kier alpha value is -0.910. The Bertz CT molecular complexity index is 498. The van der Waals surface area contributed by atoms with Crippen molar-refractivity contribution >= 4 is 10.0 Å². The zero-order valence-electron chi connectivity index (χ0n) is 9.83. The summed E-state index contributed by atoms with van der Waals surface area (Å²) in [6.45, 7) is 2.60. The number of sulfonamides is 1. The van der Waals surface area contributed by atoms with Gasteiger partial charge in [0, 0.05) is 13.1 Å². The van der Waals surface area contributed by atoms with Gasteiger partial charge in [0.2, 0.25) is 10.0 Å². The van der Waals surface area contributed by atoms with E-state index in [0.29, 0.717) is 17.9 Å². The van der Waals surface area contributed by atoms with Gasteiger partial charge in [0.15, 0.2) is 0 Å². The number of nitrogens with zero attached hydrogens (tertiary/aromatic N) is 1. The fraction of sp³-hybridized carbons (Fsp3) is 0.500. The van der Waals surface area contributed by atoms with Crippen molar-refractivity contribution in [3.8, 4) is 0 Å². The highest BCUT2D eigenvalue weighted by Crippen LogP contribution is 2.21. The summed E-state index contributed by atoms with van der Waals surface area (Å²) in [5.74, 6) is 0. The Balaban J connectivity index is 2.31. The molecule has 0 unspecified atom stereocenters. The van der Waals surface area contributed by atoms with Crippen LogP contribution in [0.4, 0.5) is 0 Å². The van der Waals surface area contributed by atoms with Crippen LogP contribution < -0.4 is 0 Å². The second-order valence-corrected chi connectivity index (χ2v) is 6.24. The minimum absolute atomic E-state index is 0.207. The van der Waals surface area contributed by atoms with Crippen molar-refractivity contribution in [3.63, 3.8) is 0 Å². The van der Waals surface area contributed by atoms with E-state index < -0.39 is 16.1 Å². The van der Waals surface area contributed by atoms with Crippen molar-refractivity contribution < 1.29 is 13.5 Å². The molecule has 0 bridgehead atoms. The molecule has 4 nitrogen and oxygen atoms in total. The second kappa shape index (κ2) is 4.76. The summed E-state index contributed by atoms with van der Waals surface area (Å²) < 4.78 is 25.9. The van der Waals surface area contributed by atoms with Crippen molar-refractivity contribution in [1.29, 1.82) is 0 Å². The van der Waals surface area contributed by atoms with Crippen LogP contribution in [0.15, 0.2) is 29.2 Å². The molecule has 1 aliphatic heterocycles. The highest BCUT2D eigenvalue weighted by molar-refractivity contribution is 7.89. The number of hydrogen-bond acceptors (Lipinski definition) is 3. The van der Waals surface area contributed by atoms with Crippen LogP contribution in [-0.2, 0) is 16.4 Å². The van der Waals surface area contributed by atoms with Gasteiger partial charge in [0.05, 0.1) is 11.0 Å². The number of β-amino-alcohol motifs (C(OH)–C–C–N with tert-alkyl or cyclic N) is 1. The molecule has 0 amide bonds. The predicted octanol–water partition coefficient (Wildman–Crippen LogP) is 1.00. The van der Waals surface area contributed by atoms with Crippen LogP contribution >= 0.6 is 0 Å². The van der Waals surface area contributed by atoms with Gasteiger partial charge in [-0.15, -0.1) is 0 Å². The largest absolute Gasteiger partial charge is 0.392 e. The Labute approximate surface area is 102 Å². The van der Waals surface area contributed by atoms with Gasteiger partial charge in [-0.3, -0.25) is 0 Å². The van der Waals surface area contributed by atoms with Gasteiger partial charge in [-0.25, -0.2) is 8.42 Å². The molecule has 1 aromatic rings. The molecule has 5 heteroatoms. The third-order valence-corrected chi connectivity index (χ3v) is 4.93. The Morgan fingerprint density at radius 1 is 1.47 bits per heavy atom.